The highest BCUT2D eigenvalue weighted by Gasteiger charge is 2.40. The van der Waals surface area contributed by atoms with Crippen LogP contribution in [0.15, 0.2) is 0 Å². The number of nitrogens with zero attached hydrogens (tertiary/aromatic N) is 3. The van der Waals surface area contributed by atoms with Crippen molar-refractivity contribution in [2.24, 2.45) is 11.8 Å². The van der Waals surface area contributed by atoms with E-state index in [2.05, 4.69) is 56.2 Å². The molecule has 4 atom stereocenters. The van der Waals surface area contributed by atoms with Gasteiger partial charge in [0.1, 0.15) is 0 Å². The zero-order valence-corrected chi connectivity index (χ0v) is 22.4. The SMILES string of the molecule is CC(C)N1C2CCC1CC2.CC(C)N1C2CCCC1CC2.CC(C)N1CC2CCC(C2)C1. The second-order valence-corrected chi connectivity index (χ2v) is 13.0. The quantitative estimate of drug-likeness (QED) is 0.487. The van der Waals surface area contributed by atoms with Gasteiger partial charge in [-0.3, -0.25) is 9.80 Å². The molecule has 3 heteroatoms. The van der Waals surface area contributed by atoms with Crippen molar-refractivity contribution in [3.05, 3.63) is 0 Å². The van der Waals surface area contributed by atoms with Crippen LogP contribution in [0.3, 0.4) is 0 Å². The number of likely N-dealkylation sites (tertiary alicyclic amines) is 1. The molecule has 4 unspecified atom stereocenters. The average molecular weight is 446 g/mol. The number of rotatable bonds is 3. The van der Waals surface area contributed by atoms with E-state index in [0.717, 1.165) is 54.1 Å². The van der Waals surface area contributed by atoms with Crippen LogP contribution >= 0.6 is 0 Å². The minimum absolute atomic E-state index is 0.776. The fourth-order valence-corrected chi connectivity index (χ4v) is 8.47. The molecule has 6 bridgehead atoms. The zero-order valence-electron chi connectivity index (χ0n) is 22.4. The van der Waals surface area contributed by atoms with E-state index in [4.69, 9.17) is 0 Å². The van der Waals surface area contributed by atoms with Crippen LogP contribution in [0.1, 0.15) is 119 Å². The fourth-order valence-electron chi connectivity index (χ4n) is 8.47. The maximum atomic E-state index is 2.75. The predicted molar refractivity (Wildman–Crippen MR) is 138 cm³/mol. The molecule has 6 fully saturated rings. The van der Waals surface area contributed by atoms with E-state index in [1.54, 1.807) is 0 Å². The Bertz CT molecular complexity index is 525. The zero-order chi connectivity index (χ0) is 22.8. The van der Waals surface area contributed by atoms with Crippen molar-refractivity contribution in [1.29, 1.82) is 0 Å². The normalized spacial score (nSPS) is 38.9. The molecule has 6 aliphatic rings. The summed E-state index contributed by atoms with van der Waals surface area (Å²) in [6, 6.07) is 6.18. The first-order chi connectivity index (χ1) is 15.3. The molecule has 1 saturated carbocycles. The van der Waals surface area contributed by atoms with Crippen LogP contribution in [0.2, 0.25) is 0 Å². The molecule has 0 spiro atoms. The summed E-state index contributed by atoms with van der Waals surface area (Å²) in [6.07, 6.45) is 17.8. The topological polar surface area (TPSA) is 9.72 Å². The molecule has 3 nitrogen and oxygen atoms in total. The first kappa shape index (κ1) is 25.0. The summed E-state index contributed by atoms with van der Waals surface area (Å²) in [5.74, 6) is 2.10. The van der Waals surface area contributed by atoms with E-state index in [0.29, 0.717) is 0 Å². The fraction of sp³-hybridized carbons (Fsp3) is 1.00. The highest BCUT2D eigenvalue weighted by Crippen LogP contribution is 2.39. The lowest BCUT2D eigenvalue weighted by Gasteiger charge is -2.37. The van der Waals surface area contributed by atoms with E-state index in [1.165, 1.54) is 90.1 Å². The Morgan fingerprint density at radius 2 is 0.844 bits per heavy atom. The van der Waals surface area contributed by atoms with Crippen molar-refractivity contribution < 1.29 is 0 Å². The molecule has 0 amide bonds. The Hall–Kier alpha value is -0.120. The third-order valence-electron chi connectivity index (χ3n) is 9.82. The summed E-state index contributed by atoms with van der Waals surface area (Å²) >= 11 is 0. The largest absolute Gasteiger partial charge is 0.300 e. The Morgan fingerprint density at radius 1 is 0.469 bits per heavy atom. The van der Waals surface area contributed by atoms with Crippen LogP contribution in [0.25, 0.3) is 0 Å². The summed E-state index contributed by atoms with van der Waals surface area (Å²) in [4.78, 5) is 8.13. The Labute approximate surface area is 200 Å². The van der Waals surface area contributed by atoms with Crippen molar-refractivity contribution in [2.45, 2.75) is 161 Å². The van der Waals surface area contributed by atoms with E-state index in [9.17, 15) is 0 Å². The van der Waals surface area contributed by atoms with Crippen LogP contribution in [0.5, 0.6) is 0 Å². The second-order valence-electron chi connectivity index (χ2n) is 13.0. The van der Waals surface area contributed by atoms with Crippen molar-refractivity contribution in [3.63, 3.8) is 0 Å². The lowest BCUT2D eigenvalue weighted by Crippen LogP contribution is -2.43. The van der Waals surface area contributed by atoms with Gasteiger partial charge in [0, 0.05) is 55.4 Å². The highest BCUT2D eigenvalue weighted by atomic mass is 15.3. The average Bonchev–Trinajstić information content (AvgIpc) is 3.51. The minimum Gasteiger partial charge on any atom is -0.300 e. The van der Waals surface area contributed by atoms with E-state index >= 15 is 0 Å². The molecule has 0 aromatic heterocycles. The number of hydrogen-bond donors (Lipinski definition) is 0. The minimum atomic E-state index is 0.776. The molecule has 5 heterocycles. The lowest BCUT2D eigenvalue weighted by molar-refractivity contribution is 0.104. The van der Waals surface area contributed by atoms with E-state index in [1.807, 2.05) is 0 Å². The van der Waals surface area contributed by atoms with Gasteiger partial charge in [0.05, 0.1) is 0 Å². The summed E-state index contributed by atoms with van der Waals surface area (Å²) in [7, 11) is 0. The molecule has 5 aliphatic heterocycles. The van der Waals surface area contributed by atoms with Crippen LogP contribution < -0.4 is 0 Å². The maximum Gasteiger partial charge on any atom is 0.0102 e. The molecule has 6 rings (SSSR count). The van der Waals surface area contributed by atoms with Gasteiger partial charge in [0.25, 0.3) is 0 Å². The number of hydrogen-bond acceptors (Lipinski definition) is 3. The lowest BCUT2D eigenvalue weighted by atomic mass is 9.98. The molecule has 1 aliphatic carbocycles. The Balaban J connectivity index is 0.000000115. The van der Waals surface area contributed by atoms with Gasteiger partial charge in [-0.2, -0.15) is 0 Å². The standard InChI is InChI=1S/2C10H19N.C9H17N/c1-8(2)11-6-9-3-4-10(5-9)7-11;1-8(2)11-9-4-3-5-10(11)7-6-9;1-7(2)10-8-3-4-9(10)6-5-8/h2*8-10H,3-7H2,1-2H3;7-9H,3-6H2,1-2H3. The molecule has 32 heavy (non-hydrogen) atoms. The predicted octanol–water partition coefficient (Wildman–Crippen LogP) is 6.56. The van der Waals surface area contributed by atoms with Crippen LogP contribution in [0.4, 0.5) is 0 Å². The first-order valence-corrected chi connectivity index (χ1v) is 14.6. The highest BCUT2D eigenvalue weighted by molar-refractivity contribution is 4.96. The van der Waals surface area contributed by atoms with Crippen LogP contribution in [-0.4, -0.2) is 70.1 Å². The Morgan fingerprint density at radius 3 is 1.16 bits per heavy atom. The molecule has 0 aromatic carbocycles. The third-order valence-corrected chi connectivity index (χ3v) is 9.82. The monoisotopic (exact) mass is 445 g/mol. The van der Waals surface area contributed by atoms with Gasteiger partial charge in [-0.25, -0.2) is 0 Å². The van der Waals surface area contributed by atoms with E-state index in [-0.39, 0.29) is 0 Å². The van der Waals surface area contributed by atoms with Crippen molar-refractivity contribution in [3.8, 4) is 0 Å². The molecular weight excluding hydrogens is 390 g/mol. The van der Waals surface area contributed by atoms with Crippen molar-refractivity contribution in [1.82, 2.24) is 14.7 Å². The van der Waals surface area contributed by atoms with Crippen LogP contribution in [0, 0.1) is 11.8 Å². The van der Waals surface area contributed by atoms with Crippen LogP contribution in [-0.2, 0) is 0 Å². The molecular formula is C29H55N3. The van der Waals surface area contributed by atoms with Gasteiger partial charge in [-0.1, -0.05) is 6.42 Å². The van der Waals surface area contributed by atoms with Gasteiger partial charge >= 0.3 is 0 Å². The van der Waals surface area contributed by atoms with Gasteiger partial charge in [0.2, 0.25) is 0 Å². The second kappa shape index (κ2) is 11.1. The van der Waals surface area contributed by atoms with Gasteiger partial charge in [0.15, 0.2) is 0 Å². The van der Waals surface area contributed by atoms with Crippen molar-refractivity contribution in [2.75, 3.05) is 13.1 Å². The van der Waals surface area contributed by atoms with Gasteiger partial charge in [-0.15, -0.1) is 0 Å². The first-order valence-electron chi connectivity index (χ1n) is 14.6. The third kappa shape index (κ3) is 5.74. The molecule has 5 saturated heterocycles. The number of piperidine rings is 2. The van der Waals surface area contributed by atoms with E-state index < -0.39 is 0 Å². The summed E-state index contributed by atoms with van der Waals surface area (Å²) in [6.45, 7) is 16.8. The summed E-state index contributed by atoms with van der Waals surface area (Å²) < 4.78 is 0. The molecule has 186 valence electrons. The summed E-state index contributed by atoms with van der Waals surface area (Å²) in [5.41, 5.74) is 0. The van der Waals surface area contributed by atoms with Crippen molar-refractivity contribution >= 4 is 0 Å². The van der Waals surface area contributed by atoms with Gasteiger partial charge in [-0.05, 0) is 124 Å². The van der Waals surface area contributed by atoms with Gasteiger partial charge < -0.3 is 4.90 Å². The number of fused-ring (bicyclic) bond motifs is 6. The molecule has 0 aromatic rings. The maximum absolute atomic E-state index is 2.75. The smallest absolute Gasteiger partial charge is 0.0102 e. The molecule has 0 radical (unpaired) electrons. The summed E-state index contributed by atoms with van der Waals surface area (Å²) in [5, 5.41) is 0. The Kier molecular flexibility index (Phi) is 8.65. The molecule has 0 N–H and O–H groups in total.